The van der Waals surface area contributed by atoms with Crippen LogP contribution in [0, 0.1) is 0 Å². The van der Waals surface area contributed by atoms with E-state index in [0.29, 0.717) is 5.11 Å². The molecule has 0 fully saturated rings. The molecule has 6 heteroatoms. The maximum Gasteiger partial charge on any atom is 0.191 e. The SMILES string of the molecule is S=C(N/N=C/c1cnc[nH]1)Nc1ccccc1. The average Bonchev–Trinajstić information content (AvgIpc) is 2.83. The van der Waals surface area contributed by atoms with Gasteiger partial charge in [-0.05, 0) is 24.4 Å². The van der Waals surface area contributed by atoms with Crippen LogP contribution in [0.2, 0.25) is 0 Å². The minimum atomic E-state index is 0.437. The summed E-state index contributed by atoms with van der Waals surface area (Å²) in [7, 11) is 0. The van der Waals surface area contributed by atoms with Crippen molar-refractivity contribution >= 4 is 29.2 Å². The summed E-state index contributed by atoms with van der Waals surface area (Å²) in [5.41, 5.74) is 4.44. The Morgan fingerprint density at radius 3 is 2.88 bits per heavy atom. The lowest BCUT2D eigenvalue weighted by Crippen LogP contribution is -2.23. The summed E-state index contributed by atoms with van der Waals surface area (Å²) in [6.07, 6.45) is 4.85. The highest BCUT2D eigenvalue weighted by Crippen LogP contribution is 2.04. The lowest BCUT2D eigenvalue weighted by atomic mass is 10.3. The number of hydrogen-bond acceptors (Lipinski definition) is 3. The molecule has 0 unspecified atom stereocenters. The van der Waals surface area contributed by atoms with Gasteiger partial charge in [0.25, 0.3) is 0 Å². The number of thiocarbonyl (C=S) groups is 1. The standard InChI is InChI=1S/C11H11N5S/c17-11(15-9-4-2-1-3-5-9)16-14-7-10-6-12-8-13-10/h1-8H,(H,12,13)(H2,15,16,17)/b14-7+. The first kappa shape index (κ1) is 11.3. The van der Waals surface area contributed by atoms with Gasteiger partial charge in [0.2, 0.25) is 0 Å². The van der Waals surface area contributed by atoms with Gasteiger partial charge in [0.05, 0.1) is 24.4 Å². The number of anilines is 1. The predicted octanol–water partition coefficient (Wildman–Crippen LogP) is 1.73. The number of H-pyrrole nitrogens is 1. The molecular formula is C11H11N5S. The normalized spacial score (nSPS) is 10.4. The smallest absolute Gasteiger partial charge is 0.191 e. The minimum absolute atomic E-state index is 0.437. The van der Waals surface area contributed by atoms with E-state index in [-0.39, 0.29) is 0 Å². The third-order valence-corrected chi connectivity index (χ3v) is 2.11. The Labute approximate surface area is 104 Å². The second-order valence-corrected chi connectivity index (χ2v) is 3.61. The van der Waals surface area contributed by atoms with Crippen LogP contribution >= 0.6 is 12.2 Å². The number of rotatable bonds is 3. The summed E-state index contributed by atoms with van der Waals surface area (Å²) in [5.74, 6) is 0. The predicted molar refractivity (Wildman–Crippen MR) is 72.0 cm³/mol. The molecule has 0 spiro atoms. The van der Waals surface area contributed by atoms with Gasteiger partial charge in [0, 0.05) is 5.69 Å². The number of nitrogens with one attached hydrogen (secondary N) is 3. The van der Waals surface area contributed by atoms with E-state index in [1.807, 2.05) is 30.3 Å². The lowest BCUT2D eigenvalue weighted by Gasteiger charge is -2.05. The van der Waals surface area contributed by atoms with E-state index < -0.39 is 0 Å². The van der Waals surface area contributed by atoms with Crippen LogP contribution in [0.1, 0.15) is 5.69 Å². The first-order chi connectivity index (χ1) is 8.34. The van der Waals surface area contributed by atoms with E-state index in [4.69, 9.17) is 12.2 Å². The van der Waals surface area contributed by atoms with Crippen molar-refractivity contribution in [2.24, 2.45) is 5.10 Å². The molecule has 5 nitrogen and oxygen atoms in total. The van der Waals surface area contributed by atoms with Crippen molar-refractivity contribution in [3.8, 4) is 0 Å². The lowest BCUT2D eigenvalue weighted by molar-refractivity contribution is 1.05. The van der Waals surface area contributed by atoms with Gasteiger partial charge in [-0.15, -0.1) is 0 Å². The first-order valence-electron chi connectivity index (χ1n) is 4.98. The molecule has 3 N–H and O–H groups in total. The van der Waals surface area contributed by atoms with Gasteiger partial charge >= 0.3 is 0 Å². The molecule has 0 aliphatic heterocycles. The summed E-state index contributed by atoms with van der Waals surface area (Å²) in [5, 5.41) is 7.40. The third kappa shape index (κ3) is 3.69. The molecule has 1 aromatic carbocycles. The largest absolute Gasteiger partial charge is 0.344 e. The number of aromatic nitrogens is 2. The summed E-state index contributed by atoms with van der Waals surface area (Å²) < 4.78 is 0. The zero-order valence-corrected chi connectivity index (χ0v) is 9.74. The van der Waals surface area contributed by atoms with Gasteiger partial charge in [-0.2, -0.15) is 5.10 Å². The van der Waals surface area contributed by atoms with E-state index >= 15 is 0 Å². The molecule has 17 heavy (non-hydrogen) atoms. The quantitative estimate of drug-likeness (QED) is 0.438. The van der Waals surface area contributed by atoms with Gasteiger partial charge in [0.1, 0.15) is 0 Å². The Hall–Kier alpha value is -2.21. The van der Waals surface area contributed by atoms with E-state index in [0.717, 1.165) is 11.4 Å². The number of hydrazone groups is 1. The second-order valence-electron chi connectivity index (χ2n) is 3.20. The maximum absolute atomic E-state index is 5.07. The fourth-order valence-corrected chi connectivity index (χ4v) is 1.35. The fraction of sp³-hybridized carbons (Fsp3) is 0. The number of benzene rings is 1. The third-order valence-electron chi connectivity index (χ3n) is 1.92. The Bertz CT molecular complexity index is 492. The van der Waals surface area contributed by atoms with Crippen molar-refractivity contribution in [1.82, 2.24) is 15.4 Å². The number of imidazole rings is 1. The Kier molecular flexibility index (Phi) is 3.82. The number of nitrogens with zero attached hydrogens (tertiary/aromatic N) is 2. The van der Waals surface area contributed by atoms with Crippen molar-refractivity contribution in [2.45, 2.75) is 0 Å². The monoisotopic (exact) mass is 245 g/mol. The molecule has 86 valence electrons. The number of aromatic amines is 1. The van der Waals surface area contributed by atoms with Gasteiger partial charge < -0.3 is 10.3 Å². The fourth-order valence-electron chi connectivity index (χ4n) is 1.18. The highest BCUT2D eigenvalue weighted by Gasteiger charge is 1.94. The Morgan fingerprint density at radius 2 is 2.18 bits per heavy atom. The van der Waals surface area contributed by atoms with Gasteiger partial charge in [-0.3, -0.25) is 5.43 Å². The van der Waals surface area contributed by atoms with Crippen molar-refractivity contribution in [3.63, 3.8) is 0 Å². The molecule has 0 aliphatic rings. The summed E-state index contributed by atoms with van der Waals surface area (Å²) in [4.78, 5) is 6.76. The molecule has 2 rings (SSSR count). The van der Waals surface area contributed by atoms with E-state index in [1.165, 1.54) is 0 Å². The molecule has 0 saturated heterocycles. The molecule has 0 saturated carbocycles. The zero-order chi connectivity index (χ0) is 11.9. The van der Waals surface area contributed by atoms with Gasteiger partial charge in [-0.25, -0.2) is 4.98 Å². The van der Waals surface area contributed by atoms with Crippen LogP contribution < -0.4 is 10.7 Å². The van der Waals surface area contributed by atoms with Crippen molar-refractivity contribution in [2.75, 3.05) is 5.32 Å². The maximum atomic E-state index is 5.07. The van der Waals surface area contributed by atoms with Crippen LogP contribution in [0.3, 0.4) is 0 Å². The van der Waals surface area contributed by atoms with Gasteiger partial charge in [0.15, 0.2) is 5.11 Å². The summed E-state index contributed by atoms with van der Waals surface area (Å²) in [6, 6.07) is 9.65. The van der Waals surface area contributed by atoms with E-state index in [2.05, 4.69) is 25.8 Å². The number of hydrogen-bond donors (Lipinski definition) is 3. The molecule has 0 radical (unpaired) electrons. The molecule has 0 amide bonds. The summed E-state index contributed by atoms with van der Waals surface area (Å²) >= 11 is 5.07. The molecule has 0 atom stereocenters. The van der Waals surface area contributed by atoms with Crippen LogP contribution in [0.15, 0.2) is 48.0 Å². The van der Waals surface area contributed by atoms with Crippen molar-refractivity contribution in [3.05, 3.63) is 48.5 Å². The van der Waals surface area contributed by atoms with Crippen LogP contribution in [0.5, 0.6) is 0 Å². The average molecular weight is 245 g/mol. The van der Waals surface area contributed by atoms with Crippen LogP contribution in [-0.2, 0) is 0 Å². The topological polar surface area (TPSA) is 65.1 Å². The van der Waals surface area contributed by atoms with Gasteiger partial charge in [-0.1, -0.05) is 18.2 Å². The Balaban J connectivity index is 1.82. The van der Waals surface area contributed by atoms with Crippen LogP contribution in [0.25, 0.3) is 0 Å². The molecule has 1 heterocycles. The van der Waals surface area contributed by atoms with Crippen molar-refractivity contribution < 1.29 is 0 Å². The molecular weight excluding hydrogens is 234 g/mol. The number of para-hydroxylation sites is 1. The van der Waals surface area contributed by atoms with Crippen molar-refractivity contribution in [1.29, 1.82) is 0 Å². The Morgan fingerprint density at radius 1 is 1.35 bits per heavy atom. The zero-order valence-electron chi connectivity index (χ0n) is 8.92. The van der Waals surface area contributed by atoms with Crippen LogP contribution in [0.4, 0.5) is 5.69 Å². The minimum Gasteiger partial charge on any atom is -0.344 e. The molecule has 1 aromatic heterocycles. The highest BCUT2D eigenvalue weighted by atomic mass is 32.1. The van der Waals surface area contributed by atoms with E-state index in [1.54, 1.807) is 18.7 Å². The van der Waals surface area contributed by atoms with Crippen LogP contribution in [-0.4, -0.2) is 21.3 Å². The molecule has 0 bridgehead atoms. The molecule has 0 aliphatic carbocycles. The first-order valence-corrected chi connectivity index (χ1v) is 5.39. The second kappa shape index (κ2) is 5.76. The summed E-state index contributed by atoms with van der Waals surface area (Å²) in [6.45, 7) is 0. The molecule has 2 aromatic rings. The van der Waals surface area contributed by atoms with E-state index in [9.17, 15) is 0 Å². The highest BCUT2D eigenvalue weighted by molar-refractivity contribution is 7.80.